The maximum atomic E-state index is 5.64. The zero-order valence-electron chi connectivity index (χ0n) is 9.18. The summed E-state index contributed by atoms with van der Waals surface area (Å²) < 4.78 is 5.64. The van der Waals surface area contributed by atoms with E-state index >= 15 is 0 Å². The van der Waals surface area contributed by atoms with E-state index in [1.165, 1.54) is 0 Å². The van der Waals surface area contributed by atoms with E-state index in [0.717, 1.165) is 22.9 Å². The number of ether oxygens (including phenoxy) is 1. The van der Waals surface area contributed by atoms with Gasteiger partial charge in [-0.1, -0.05) is 0 Å². The lowest BCUT2D eigenvalue weighted by Crippen LogP contribution is -2.06. The van der Waals surface area contributed by atoms with Crippen molar-refractivity contribution in [1.29, 1.82) is 0 Å². The Morgan fingerprint density at radius 3 is 1.29 bits per heavy atom. The van der Waals surface area contributed by atoms with Gasteiger partial charge in [-0.05, 0) is 48.5 Å². The van der Waals surface area contributed by atoms with Crippen molar-refractivity contribution in [3.63, 3.8) is 0 Å². The Labute approximate surface area is 99.3 Å². The number of rotatable bonds is 4. The molecule has 0 spiro atoms. The highest BCUT2D eigenvalue weighted by Gasteiger charge is 1.97. The molecule has 0 aliphatic carbocycles. The quantitative estimate of drug-likeness (QED) is 0.477. The van der Waals surface area contributed by atoms with E-state index in [2.05, 4.69) is 10.9 Å². The van der Waals surface area contributed by atoms with Gasteiger partial charge in [0.1, 0.15) is 11.5 Å². The predicted molar refractivity (Wildman–Crippen MR) is 68.6 cm³/mol. The lowest BCUT2D eigenvalue weighted by Gasteiger charge is -2.07. The van der Waals surface area contributed by atoms with Crippen LogP contribution >= 0.6 is 0 Å². The van der Waals surface area contributed by atoms with Gasteiger partial charge in [-0.3, -0.25) is 11.7 Å². The fourth-order valence-corrected chi connectivity index (χ4v) is 1.37. The molecule has 0 heterocycles. The molecule has 2 rings (SSSR count). The van der Waals surface area contributed by atoms with Gasteiger partial charge in [0.2, 0.25) is 0 Å². The van der Waals surface area contributed by atoms with Crippen molar-refractivity contribution in [2.24, 2.45) is 11.7 Å². The molecule has 0 radical (unpaired) electrons. The molecule has 5 heteroatoms. The minimum Gasteiger partial charge on any atom is -0.457 e. The Morgan fingerprint density at radius 1 is 0.647 bits per heavy atom. The van der Waals surface area contributed by atoms with Crippen molar-refractivity contribution in [2.75, 3.05) is 10.9 Å². The first-order valence-corrected chi connectivity index (χ1v) is 5.13. The number of anilines is 2. The number of hydrazine groups is 2. The standard InChI is InChI=1S/C12H14N4O/c13-15-9-1-5-11(6-2-9)17-12-7-3-10(16-14)4-8-12/h1-8,15-16H,13-14H2. The van der Waals surface area contributed by atoms with Crippen LogP contribution in [0, 0.1) is 0 Å². The Balaban J connectivity index is 2.08. The summed E-state index contributed by atoms with van der Waals surface area (Å²) in [5, 5.41) is 0. The Hall–Kier alpha value is -2.24. The SMILES string of the molecule is NNc1ccc(Oc2ccc(NN)cc2)cc1. The highest BCUT2D eigenvalue weighted by atomic mass is 16.5. The molecule has 0 saturated carbocycles. The van der Waals surface area contributed by atoms with E-state index in [0.29, 0.717) is 0 Å². The van der Waals surface area contributed by atoms with Gasteiger partial charge in [-0.15, -0.1) is 0 Å². The maximum Gasteiger partial charge on any atom is 0.127 e. The van der Waals surface area contributed by atoms with E-state index in [1.807, 2.05) is 48.5 Å². The lowest BCUT2D eigenvalue weighted by molar-refractivity contribution is 0.483. The van der Waals surface area contributed by atoms with Crippen LogP contribution in [0.2, 0.25) is 0 Å². The van der Waals surface area contributed by atoms with Crippen LogP contribution in [0.15, 0.2) is 48.5 Å². The van der Waals surface area contributed by atoms with Crippen molar-refractivity contribution in [1.82, 2.24) is 0 Å². The first kappa shape index (κ1) is 11.3. The maximum absolute atomic E-state index is 5.64. The zero-order valence-corrected chi connectivity index (χ0v) is 9.18. The second kappa shape index (κ2) is 5.20. The molecule has 17 heavy (non-hydrogen) atoms. The summed E-state index contributed by atoms with van der Waals surface area (Å²) in [5.74, 6) is 12.0. The number of nitrogen functional groups attached to an aromatic ring is 2. The topological polar surface area (TPSA) is 85.3 Å². The molecule has 2 aromatic carbocycles. The molecule has 0 bridgehead atoms. The fraction of sp³-hybridized carbons (Fsp3) is 0. The first-order chi connectivity index (χ1) is 8.31. The Bertz CT molecular complexity index is 421. The van der Waals surface area contributed by atoms with Crippen LogP contribution in [0.4, 0.5) is 11.4 Å². The van der Waals surface area contributed by atoms with Crippen LogP contribution in [-0.2, 0) is 0 Å². The van der Waals surface area contributed by atoms with E-state index in [1.54, 1.807) is 0 Å². The monoisotopic (exact) mass is 230 g/mol. The highest BCUT2D eigenvalue weighted by molar-refractivity contribution is 5.48. The van der Waals surface area contributed by atoms with Crippen LogP contribution < -0.4 is 27.3 Å². The summed E-state index contributed by atoms with van der Waals surface area (Å²) in [7, 11) is 0. The van der Waals surface area contributed by atoms with Crippen molar-refractivity contribution >= 4 is 11.4 Å². The molecule has 0 saturated heterocycles. The number of nitrogens with two attached hydrogens (primary N) is 2. The summed E-state index contributed by atoms with van der Waals surface area (Å²) in [4.78, 5) is 0. The molecule has 0 atom stereocenters. The number of hydrogen-bond donors (Lipinski definition) is 4. The average molecular weight is 230 g/mol. The van der Waals surface area contributed by atoms with Crippen molar-refractivity contribution in [3.05, 3.63) is 48.5 Å². The van der Waals surface area contributed by atoms with Crippen LogP contribution in [-0.4, -0.2) is 0 Å². The summed E-state index contributed by atoms with van der Waals surface area (Å²) in [6, 6.07) is 14.7. The second-order valence-corrected chi connectivity index (χ2v) is 3.44. The van der Waals surface area contributed by atoms with E-state index in [-0.39, 0.29) is 0 Å². The normalized spacial score (nSPS) is 9.76. The smallest absolute Gasteiger partial charge is 0.127 e. The molecule has 0 amide bonds. The third-order valence-corrected chi connectivity index (χ3v) is 2.28. The van der Waals surface area contributed by atoms with Crippen LogP contribution in [0.5, 0.6) is 11.5 Å². The number of benzene rings is 2. The average Bonchev–Trinajstić information content (AvgIpc) is 2.40. The van der Waals surface area contributed by atoms with Crippen LogP contribution in [0.3, 0.4) is 0 Å². The van der Waals surface area contributed by atoms with Gasteiger partial charge in [0.25, 0.3) is 0 Å². The van der Waals surface area contributed by atoms with Gasteiger partial charge in [0, 0.05) is 11.4 Å². The second-order valence-electron chi connectivity index (χ2n) is 3.44. The van der Waals surface area contributed by atoms with Crippen molar-refractivity contribution < 1.29 is 4.74 Å². The Morgan fingerprint density at radius 2 is 1.00 bits per heavy atom. The van der Waals surface area contributed by atoms with Crippen molar-refractivity contribution in [3.8, 4) is 11.5 Å². The molecule has 0 fully saturated rings. The third kappa shape index (κ3) is 2.87. The van der Waals surface area contributed by atoms with Gasteiger partial charge < -0.3 is 15.6 Å². The molecule has 0 aliphatic rings. The highest BCUT2D eigenvalue weighted by Crippen LogP contribution is 2.23. The van der Waals surface area contributed by atoms with Gasteiger partial charge in [0.05, 0.1) is 0 Å². The largest absolute Gasteiger partial charge is 0.457 e. The molecule has 6 N–H and O–H groups in total. The van der Waals surface area contributed by atoms with E-state index in [9.17, 15) is 0 Å². The van der Waals surface area contributed by atoms with Gasteiger partial charge in [0.15, 0.2) is 0 Å². The molecular formula is C12H14N4O. The molecule has 0 aliphatic heterocycles. The van der Waals surface area contributed by atoms with Crippen LogP contribution in [0.1, 0.15) is 0 Å². The summed E-state index contributed by atoms with van der Waals surface area (Å²) in [5.41, 5.74) is 6.78. The molecular weight excluding hydrogens is 216 g/mol. The molecule has 0 unspecified atom stereocenters. The van der Waals surface area contributed by atoms with E-state index < -0.39 is 0 Å². The van der Waals surface area contributed by atoms with Crippen LogP contribution in [0.25, 0.3) is 0 Å². The summed E-state index contributed by atoms with van der Waals surface area (Å²) in [6.45, 7) is 0. The van der Waals surface area contributed by atoms with E-state index in [4.69, 9.17) is 16.4 Å². The van der Waals surface area contributed by atoms with Crippen molar-refractivity contribution in [2.45, 2.75) is 0 Å². The molecule has 5 nitrogen and oxygen atoms in total. The first-order valence-electron chi connectivity index (χ1n) is 5.13. The third-order valence-electron chi connectivity index (χ3n) is 2.28. The van der Waals surface area contributed by atoms with Gasteiger partial charge in [-0.25, -0.2) is 0 Å². The fourth-order valence-electron chi connectivity index (χ4n) is 1.37. The predicted octanol–water partition coefficient (Wildman–Crippen LogP) is 2.05. The Kier molecular flexibility index (Phi) is 3.44. The zero-order chi connectivity index (χ0) is 12.1. The minimum atomic E-state index is 0.748. The van der Waals surface area contributed by atoms with Gasteiger partial charge in [-0.2, -0.15) is 0 Å². The molecule has 2 aromatic rings. The lowest BCUT2D eigenvalue weighted by atomic mass is 10.3. The molecule has 88 valence electrons. The summed E-state index contributed by atoms with van der Waals surface area (Å²) >= 11 is 0. The number of nitrogens with one attached hydrogen (secondary N) is 2. The minimum absolute atomic E-state index is 0.748. The number of hydrogen-bond acceptors (Lipinski definition) is 5. The van der Waals surface area contributed by atoms with Gasteiger partial charge >= 0.3 is 0 Å². The molecule has 0 aromatic heterocycles. The summed E-state index contributed by atoms with van der Waals surface area (Å²) in [6.07, 6.45) is 0.